The standard InChI is InChI=1S/C23H26N2O4/c1-4-15-7-5-6-8-18(15)25-22(26)13-19(23(25)27)24-10-9-16-11-20(28-2)21(29-3)12-17(16)14-24/h5-8,11-12,19H,4,9-10,13-14H2,1-3H3. The number of amides is 2. The van der Waals surface area contributed by atoms with Gasteiger partial charge in [-0.05, 0) is 47.7 Å². The van der Waals surface area contributed by atoms with Crippen molar-refractivity contribution in [2.75, 3.05) is 25.7 Å². The summed E-state index contributed by atoms with van der Waals surface area (Å²) >= 11 is 0. The number of hydrogen-bond acceptors (Lipinski definition) is 5. The Bertz CT molecular complexity index is 956. The fourth-order valence-corrected chi connectivity index (χ4v) is 4.35. The molecule has 2 aliphatic heterocycles. The summed E-state index contributed by atoms with van der Waals surface area (Å²) in [6, 6.07) is 11.2. The first-order chi connectivity index (χ1) is 14.1. The van der Waals surface area contributed by atoms with Crippen LogP contribution in [0.5, 0.6) is 11.5 Å². The number of anilines is 1. The number of rotatable bonds is 5. The first-order valence-electron chi connectivity index (χ1n) is 9.99. The number of aryl methyl sites for hydroxylation is 1. The Hall–Kier alpha value is -2.86. The number of benzene rings is 2. The van der Waals surface area contributed by atoms with Crippen LogP contribution in [0.2, 0.25) is 0 Å². The number of hydrogen-bond donors (Lipinski definition) is 0. The van der Waals surface area contributed by atoms with Crippen LogP contribution in [-0.2, 0) is 29.0 Å². The van der Waals surface area contributed by atoms with Crippen molar-refractivity contribution in [2.45, 2.75) is 38.8 Å². The minimum absolute atomic E-state index is 0.125. The monoisotopic (exact) mass is 394 g/mol. The Morgan fingerprint density at radius 1 is 1.03 bits per heavy atom. The molecule has 1 fully saturated rings. The van der Waals surface area contributed by atoms with Crippen molar-refractivity contribution < 1.29 is 19.1 Å². The average molecular weight is 394 g/mol. The van der Waals surface area contributed by atoms with Crippen molar-refractivity contribution in [3.05, 3.63) is 53.1 Å². The fourth-order valence-electron chi connectivity index (χ4n) is 4.35. The maximum Gasteiger partial charge on any atom is 0.251 e. The van der Waals surface area contributed by atoms with Gasteiger partial charge in [-0.25, -0.2) is 4.90 Å². The molecule has 0 N–H and O–H groups in total. The minimum atomic E-state index is -0.423. The lowest BCUT2D eigenvalue weighted by Gasteiger charge is -2.32. The van der Waals surface area contributed by atoms with Crippen LogP contribution in [0.1, 0.15) is 30.0 Å². The van der Waals surface area contributed by atoms with Crippen molar-refractivity contribution >= 4 is 17.5 Å². The molecular weight excluding hydrogens is 368 g/mol. The summed E-state index contributed by atoms with van der Waals surface area (Å²) in [5.41, 5.74) is 4.04. The topological polar surface area (TPSA) is 59.1 Å². The van der Waals surface area contributed by atoms with Crippen LogP contribution in [-0.4, -0.2) is 43.5 Å². The van der Waals surface area contributed by atoms with E-state index in [2.05, 4.69) is 4.90 Å². The summed E-state index contributed by atoms with van der Waals surface area (Å²) in [6.45, 7) is 3.38. The van der Waals surface area contributed by atoms with Crippen molar-refractivity contribution in [3.63, 3.8) is 0 Å². The summed E-state index contributed by atoms with van der Waals surface area (Å²) in [6.07, 6.45) is 1.80. The maximum atomic E-state index is 13.2. The molecule has 2 aromatic rings. The van der Waals surface area contributed by atoms with E-state index in [1.165, 1.54) is 10.5 Å². The van der Waals surface area contributed by atoms with Crippen molar-refractivity contribution in [2.24, 2.45) is 0 Å². The SMILES string of the molecule is CCc1ccccc1N1C(=O)CC(N2CCc3cc(OC)c(OC)cc3C2)C1=O. The zero-order chi connectivity index (χ0) is 20.5. The highest BCUT2D eigenvalue weighted by molar-refractivity contribution is 6.22. The molecule has 1 atom stereocenters. The normalized spacial score (nSPS) is 19.4. The van der Waals surface area contributed by atoms with Gasteiger partial charge in [0.25, 0.3) is 5.91 Å². The Kier molecular flexibility index (Phi) is 5.28. The molecule has 6 nitrogen and oxygen atoms in total. The van der Waals surface area contributed by atoms with Gasteiger partial charge in [-0.1, -0.05) is 25.1 Å². The first-order valence-corrected chi connectivity index (χ1v) is 9.99. The zero-order valence-corrected chi connectivity index (χ0v) is 17.1. The van der Waals surface area contributed by atoms with Crippen LogP contribution in [0.4, 0.5) is 5.69 Å². The fraction of sp³-hybridized carbons (Fsp3) is 0.391. The van der Waals surface area contributed by atoms with Gasteiger partial charge in [-0.15, -0.1) is 0 Å². The Morgan fingerprint density at radius 2 is 1.72 bits per heavy atom. The molecule has 152 valence electrons. The number of carbonyl (C=O) groups is 2. The minimum Gasteiger partial charge on any atom is -0.493 e. The molecule has 0 saturated carbocycles. The zero-order valence-electron chi connectivity index (χ0n) is 17.1. The smallest absolute Gasteiger partial charge is 0.251 e. The lowest BCUT2D eigenvalue weighted by Crippen LogP contribution is -2.44. The summed E-state index contributed by atoms with van der Waals surface area (Å²) < 4.78 is 10.8. The molecular formula is C23H26N2O4. The number of carbonyl (C=O) groups excluding carboxylic acids is 2. The van der Waals surface area contributed by atoms with Crippen LogP contribution in [0.25, 0.3) is 0 Å². The Labute approximate surface area is 171 Å². The quantitative estimate of drug-likeness (QED) is 0.730. The van der Waals surface area contributed by atoms with E-state index in [1.807, 2.05) is 43.3 Å². The molecule has 1 saturated heterocycles. The van der Waals surface area contributed by atoms with E-state index in [1.54, 1.807) is 14.2 Å². The number of ether oxygens (including phenoxy) is 2. The number of para-hydroxylation sites is 1. The summed E-state index contributed by atoms with van der Waals surface area (Å²) in [5, 5.41) is 0. The second kappa shape index (κ2) is 7.87. The molecule has 0 aromatic heterocycles. The van der Waals surface area contributed by atoms with E-state index in [0.29, 0.717) is 18.0 Å². The molecule has 0 spiro atoms. The number of nitrogens with zero attached hydrogens (tertiary/aromatic N) is 2. The van der Waals surface area contributed by atoms with Gasteiger partial charge in [-0.3, -0.25) is 14.5 Å². The highest BCUT2D eigenvalue weighted by atomic mass is 16.5. The highest BCUT2D eigenvalue weighted by Gasteiger charge is 2.43. The summed E-state index contributed by atoms with van der Waals surface area (Å²) in [7, 11) is 3.25. The van der Waals surface area contributed by atoms with E-state index in [9.17, 15) is 9.59 Å². The first kappa shape index (κ1) is 19.5. The summed E-state index contributed by atoms with van der Waals surface area (Å²) in [5.74, 6) is 1.15. The third-order valence-electron chi connectivity index (χ3n) is 5.92. The van der Waals surface area contributed by atoms with Crippen LogP contribution < -0.4 is 14.4 Å². The van der Waals surface area contributed by atoms with E-state index in [4.69, 9.17) is 9.47 Å². The van der Waals surface area contributed by atoms with Crippen LogP contribution in [0, 0.1) is 0 Å². The van der Waals surface area contributed by atoms with Crippen molar-refractivity contribution in [1.82, 2.24) is 4.90 Å². The van der Waals surface area contributed by atoms with E-state index >= 15 is 0 Å². The predicted octanol–water partition coefficient (Wildman–Crippen LogP) is 2.96. The average Bonchev–Trinajstić information content (AvgIpc) is 3.05. The van der Waals surface area contributed by atoms with E-state index in [0.717, 1.165) is 36.2 Å². The molecule has 2 aromatic carbocycles. The van der Waals surface area contributed by atoms with Gasteiger partial charge in [0.2, 0.25) is 5.91 Å². The molecule has 2 amide bonds. The van der Waals surface area contributed by atoms with Gasteiger partial charge >= 0.3 is 0 Å². The third kappa shape index (κ3) is 3.38. The van der Waals surface area contributed by atoms with Crippen LogP contribution in [0.15, 0.2) is 36.4 Å². The van der Waals surface area contributed by atoms with Gasteiger partial charge in [0.15, 0.2) is 11.5 Å². The lowest BCUT2D eigenvalue weighted by atomic mass is 9.97. The molecule has 0 bridgehead atoms. The van der Waals surface area contributed by atoms with Gasteiger partial charge in [0.05, 0.1) is 32.4 Å². The third-order valence-corrected chi connectivity index (χ3v) is 5.92. The molecule has 1 unspecified atom stereocenters. The van der Waals surface area contributed by atoms with Gasteiger partial charge < -0.3 is 9.47 Å². The molecule has 2 heterocycles. The van der Waals surface area contributed by atoms with Crippen LogP contribution >= 0.6 is 0 Å². The number of imide groups is 1. The molecule has 0 aliphatic carbocycles. The molecule has 0 radical (unpaired) electrons. The van der Waals surface area contributed by atoms with Gasteiger partial charge in [-0.2, -0.15) is 0 Å². The molecule has 4 rings (SSSR count). The second-order valence-electron chi connectivity index (χ2n) is 7.47. The second-order valence-corrected chi connectivity index (χ2v) is 7.47. The molecule has 6 heteroatoms. The van der Waals surface area contributed by atoms with E-state index in [-0.39, 0.29) is 18.2 Å². The number of methoxy groups -OCH3 is 2. The predicted molar refractivity (Wildman–Crippen MR) is 110 cm³/mol. The van der Waals surface area contributed by atoms with Gasteiger partial charge in [0, 0.05) is 13.1 Å². The maximum absolute atomic E-state index is 13.2. The van der Waals surface area contributed by atoms with E-state index < -0.39 is 6.04 Å². The largest absolute Gasteiger partial charge is 0.493 e. The van der Waals surface area contributed by atoms with Gasteiger partial charge in [0.1, 0.15) is 0 Å². The summed E-state index contributed by atoms with van der Waals surface area (Å²) in [4.78, 5) is 29.5. The van der Waals surface area contributed by atoms with Crippen molar-refractivity contribution in [3.8, 4) is 11.5 Å². The number of fused-ring (bicyclic) bond motifs is 1. The molecule has 2 aliphatic rings. The lowest BCUT2D eigenvalue weighted by molar-refractivity contribution is -0.123. The molecule has 29 heavy (non-hydrogen) atoms. The highest BCUT2D eigenvalue weighted by Crippen LogP contribution is 2.35. The Balaban J connectivity index is 1.59. The Morgan fingerprint density at radius 3 is 2.41 bits per heavy atom. The van der Waals surface area contributed by atoms with Crippen molar-refractivity contribution in [1.29, 1.82) is 0 Å². The van der Waals surface area contributed by atoms with Crippen LogP contribution in [0.3, 0.4) is 0 Å².